The summed E-state index contributed by atoms with van der Waals surface area (Å²) in [6, 6.07) is 31.6. The fraction of sp³-hybridized carbons (Fsp3) is 0.0714. The van der Waals surface area contributed by atoms with E-state index in [1.165, 1.54) is 0 Å². The van der Waals surface area contributed by atoms with Crippen molar-refractivity contribution in [1.82, 2.24) is 0 Å². The molecular weight excluding hydrogens is 505 g/mol. The minimum Gasteiger partial charge on any atom is -1.00 e. The summed E-state index contributed by atoms with van der Waals surface area (Å²) in [5.74, 6) is 0.149. The first-order valence-electron chi connectivity index (χ1n) is 9.74. The van der Waals surface area contributed by atoms with Gasteiger partial charge in [-0.05, 0) is 40.3 Å². The average Bonchev–Trinajstić information content (AvgIpc) is 3.19. The van der Waals surface area contributed by atoms with Crippen molar-refractivity contribution < 1.29 is 26.9 Å². The maximum atomic E-state index is 11.9. The number of rotatable bonds is 0. The third-order valence-corrected chi connectivity index (χ3v) is 5.83. The molecule has 0 aliphatic heterocycles. The number of benzene rings is 4. The SMILES string of the molecule is CC1(O)c2ccccc2-c2ccccc21.O=C1c2ccccc2-c2ccccc21.S.[Br-].[CH3-].[Mg+2]. The van der Waals surface area contributed by atoms with Gasteiger partial charge in [0.1, 0.15) is 5.60 Å². The van der Waals surface area contributed by atoms with Crippen molar-refractivity contribution in [3.63, 3.8) is 0 Å². The molecule has 33 heavy (non-hydrogen) atoms. The zero-order valence-electron chi connectivity index (χ0n) is 18.7. The Morgan fingerprint density at radius 1 is 0.576 bits per heavy atom. The Hall–Kier alpha value is -1.89. The molecule has 164 valence electrons. The van der Waals surface area contributed by atoms with Crippen LogP contribution in [0.1, 0.15) is 34.0 Å². The van der Waals surface area contributed by atoms with Gasteiger partial charge < -0.3 is 29.5 Å². The summed E-state index contributed by atoms with van der Waals surface area (Å²) in [6.45, 7) is 1.86. The Kier molecular flexibility index (Phi) is 10.1. The van der Waals surface area contributed by atoms with Gasteiger partial charge in [-0.15, -0.1) is 0 Å². The van der Waals surface area contributed by atoms with Gasteiger partial charge in [-0.25, -0.2) is 0 Å². The maximum absolute atomic E-state index is 11.9. The molecule has 4 aromatic rings. The second kappa shape index (κ2) is 11.5. The van der Waals surface area contributed by atoms with Crippen LogP contribution >= 0.6 is 13.5 Å². The van der Waals surface area contributed by atoms with Crippen LogP contribution in [0, 0.1) is 7.43 Å². The van der Waals surface area contributed by atoms with Crippen LogP contribution in [0.15, 0.2) is 97.1 Å². The van der Waals surface area contributed by atoms with Gasteiger partial charge in [0, 0.05) is 11.1 Å². The van der Waals surface area contributed by atoms with Crippen LogP contribution in [-0.4, -0.2) is 33.9 Å². The van der Waals surface area contributed by atoms with Crippen molar-refractivity contribution >= 4 is 42.3 Å². The smallest absolute Gasteiger partial charge is 1.00 e. The normalized spacial score (nSPS) is 12.5. The van der Waals surface area contributed by atoms with E-state index in [0.29, 0.717) is 0 Å². The van der Waals surface area contributed by atoms with E-state index in [-0.39, 0.29) is 66.7 Å². The second-order valence-electron chi connectivity index (χ2n) is 7.58. The number of hydrogen-bond donors (Lipinski definition) is 1. The molecule has 0 heterocycles. The first-order chi connectivity index (χ1) is 14.1. The van der Waals surface area contributed by atoms with E-state index < -0.39 is 5.60 Å². The Morgan fingerprint density at radius 2 is 0.848 bits per heavy atom. The molecule has 5 heteroatoms. The van der Waals surface area contributed by atoms with Gasteiger partial charge in [-0.2, -0.15) is 13.5 Å². The van der Waals surface area contributed by atoms with Gasteiger partial charge in [-0.3, -0.25) is 4.79 Å². The average molecular weight is 530 g/mol. The largest absolute Gasteiger partial charge is 2.00 e. The van der Waals surface area contributed by atoms with Crippen LogP contribution in [0.25, 0.3) is 22.3 Å². The molecule has 2 aliphatic rings. The topological polar surface area (TPSA) is 37.3 Å². The third-order valence-electron chi connectivity index (χ3n) is 5.83. The molecule has 0 fully saturated rings. The molecule has 6 rings (SSSR count). The first-order valence-corrected chi connectivity index (χ1v) is 9.74. The monoisotopic (exact) mass is 528 g/mol. The van der Waals surface area contributed by atoms with E-state index in [4.69, 9.17) is 0 Å². The molecule has 0 bridgehead atoms. The van der Waals surface area contributed by atoms with Crippen LogP contribution in [0.5, 0.6) is 0 Å². The zero-order chi connectivity index (χ0) is 20.0. The molecule has 0 atom stereocenters. The molecular formula is C28H25BrMgO2S. The van der Waals surface area contributed by atoms with Gasteiger partial charge in [0.2, 0.25) is 0 Å². The molecule has 0 spiro atoms. The number of hydrogen-bond acceptors (Lipinski definition) is 2. The summed E-state index contributed by atoms with van der Waals surface area (Å²) in [6.07, 6.45) is 0. The van der Waals surface area contributed by atoms with E-state index >= 15 is 0 Å². The fourth-order valence-electron chi connectivity index (χ4n) is 4.41. The molecule has 0 unspecified atom stereocenters. The van der Waals surface area contributed by atoms with Crippen molar-refractivity contribution in [2.24, 2.45) is 0 Å². The van der Waals surface area contributed by atoms with Crippen molar-refractivity contribution in [1.29, 1.82) is 0 Å². The molecule has 0 radical (unpaired) electrons. The Labute approximate surface area is 229 Å². The molecule has 0 amide bonds. The van der Waals surface area contributed by atoms with Gasteiger partial charge in [0.05, 0.1) is 0 Å². The zero-order valence-corrected chi connectivity index (χ0v) is 22.7. The summed E-state index contributed by atoms with van der Waals surface area (Å²) in [7, 11) is 0. The predicted molar refractivity (Wildman–Crippen MR) is 138 cm³/mol. The molecule has 2 aliphatic carbocycles. The molecule has 0 aromatic heterocycles. The maximum Gasteiger partial charge on any atom is 2.00 e. The van der Waals surface area contributed by atoms with Crippen molar-refractivity contribution in [2.45, 2.75) is 12.5 Å². The Bertz CT molecular complexity index is 1170. The van der Waals surface area contributed by atoms with E-state index in [2.05, 4.69) is 12.1 Å². The van der Waals surface area contributed by atoms with Gasteiger partial charge in [0.25, 0.3) is 0 Å². The minimum atomic E-state index is -0.840. The van der Waals surface area contributed by atoms with Gasteiger partial charge >= 0.3 is 23.1 Å². The minimum absolute atomic E-state index is 0. The van der Waals surface area contributed by atoms with Gasteiger partial charge in [0.15, 0.2) is 5.78 Å². The number of aliphatic hydroxyl groups is 1. The molecule has 2 nitrogen and oxygen atoms in total. The Balaban J connectivity index is 0.000000295. The van der Waals surface area contributed by atoms with E-state index in [1.54, 1.807) is 0 Å². The summed E-state index contributed by atoms with van der Waals surface area (Å²) in [5.41, 5.74) is 7.25. The van der Waals surface area contributed by atoms with Crippen LogP contribution in [0.4, 0.5) is 0 Å². The molecule has 0 saturated carbocycles. The Morgan fingerprint density at radius 3 is 1.21 bits per heavy atom. The number of carbonyl (C=O) groups is 1. The van der Waals surface area contributed by atoms with E-state index in [9.17, 15) is 9.90 Å². The van der Waals surface area contributed by atoms with E-state index in [1.807, 2.05) is 91.9 Å². The predicted octanol–water partition coefficient (Wildman–Crippen LogP) is 3.01. The van der Waals surface area contributed by atoms with Crippen LogP contribution < -0.4 is 17.0 Å². The number of fused-ring (bicyclic) bond motifs is 6. The summed E-state index contributed by atoms with van der Waals surface area (Å²) < 4.78 is 0. The molecule has 0 saturated heterocycles. The second-order valence-corrected chi connectivity index (χ2v) is 7.58. The summed E-state index contributed by atoms with van der Waals surface area (Å²) in [5, 5.41) is 10.5. The number of carbonyl (C=O) groups excluding carboxylic acids is 1. The van der Waals surface area contributed by atoms with Crippen molar-refractivity contribution in [3.8, 4) is 22.3 Å². The number of halogens is 1. The van der Waals surface area contributed by atoms with Crippen LogP contribution in [0.3, 0.4) is 0 Å². The summed E-state index contributed by atoms with van der Waals surface area (Å²) in [4.78, 5) is 11.9. The fourth-order valence-corrected chi connectivity index (χ4v) is 4.41. The molecule has 4 aromatic carbocycles. The summed E-state index contributed by atoms with van der Waals surface area (Å²) >= 11 is 0. The van der Waals surface area contributed by atoms with Crippen LogP contribution in [0.2, 0.25) is 0 Å². The van der Waals surface area contributed by atoms with Crippen LogP contribution in [-0.2, 0) is 5.60 Å². The van der Waals surface area contributed by atoms with Crippen molar-refractivity contribution in [3.05, 3.63) is 127 Å². The third kappa shape index (κ3) is 4.84. The first kappa shape index (κ1) is 29.1. The number of ketones is 1. The quantitative estimate of drug-likeness (QED) is 0.247. The van der Waals surface area contributed by atoms with Crippen molar-refractivity contribution in [2.75, 3.05) is 0 Å². The molecule has 1 N–H and O–H groups in total. The van der Waals surface area contributed by atoms with Gasteiger partial charge in [-0.1, -0.05) is 97.1 Å². The standard InChI is InChI=1S/C14H12O.C13H8O.CH3.BrH.Mg.H2S/c1-14(15)12-8-4-2-6-10(12)11-7-3-5-9-13(11)14;14-13-11-7-3-1-5-9(11)10-6-2-4-8-12(10)13;;;;/h2-9,15H,1H3;1-8H;1H3;1H;;1H2/q;;-1;;+2;/p-1. The van der Waals surface area contributed by atoms with E-state index in [0.717, 1.165) is 44.5 Å².